The third kappa shape index (κ3) is 3.25. The standard InChI is InChI=1S/C16H18N2OS/c1-12-2-4-13(5-3-12)10-16(19)18(14-6-7-14)11-15-17-8-9-20-15/h2-5,8-9,14H,6-7,10-11H2,1H3. The molecule has 1 fully saturated rings. The summed E-state index contributed by atoms with van der Waals surface area (Å²) < 4.78 is 0. The van der Waals surface area contributed by atoms with Gasteiger partial charge in [0, 0.05) is 17.6 Å². The maximum absolute atomic E-state index is 12.5. The second kappa shape index (κ2) is 5.75. The Labute approximate surface area is 123 Å². The number of amides is 1. The zero-order valence-electron chi connectivity index (χ0n) is 11.6. The number of rotatable bonds is 5. The van der Waals surface area contributed by atoms with Gasteiger partial charge >= 0.3 is 0 Å². The van der Waals surface area contributed by atoms with Crippen LogP contribution in [-0.4, -0.2) is 21.8 Å². The van der Waals surface area contributed by atoms with Crippen LogP contribution in [0.2, 0.25) is 0 Å². The molecular weight excluding hydrogens is 268 g/mol. The maximum atomic E-state index is 12.5. The van der Waals surface area contributed by atoms with Gasteiger partial charge in [0.1, 0.15) is 5.01 Å². The fourth-order valence-corrected chi connectivity index (χ4v) is 2.88. The zero-order valence-corrected chi connectivity index (χ0v) is 12.4. The number of benzene rings is 1. The van der Waals surface area contributed by atoms with Gasteiger partial charge < -0.3 is 4.90 Å². The molecule has 0 radical (unpaired) electrons. The van der Waals surface area contributed by atoms with Crippen molar-refractivity contribution in [2.24, 2.45) is 0 Å². The average Bonchev–Trinajstić information content (AvgIpc) is 3.15. The van der Waals surface area contributed by atoms with Crippen LogP contribution < -0.4 is 0 Å². The van der Waals surface area contributed by atoms with E-state index >= 15 is 0 Å². The molecule has 0 bridgehead atoms. The van der Waals surface area contributed by atoms with Gasteiger partial charge in [0.2, 0.25) is 5.91 Å². The highest BCUT2D eigenvalue weighted by Gasteiger charge is 2.32. The molecule has 104 valence electrons. The molecule has 1 amide bonds. The van der Waals surface area contributed by atoms with Gasteiger partial charge in [-0.05, 0) is 25.3 Å². The summed E-state index contributed by atoms with van der Waals surface area (Å²) in [6.45, 7) is 2.72. The van der Waals surface area contributed by atoms with E-state index in [9.17, 15) is 4.79 Å². The normalized spacial score (nSPS) is 14.2. The molecule has 1 heterocycles. The van der Waals surface area contributed by atoms with E-state index in [2.05, 4.69) is 24.0 Å². The summed E-state index contributed by atoms with van der Waals surface area (Å²) in [7, 11) is 0. The van der Waals surface area contributed by atoms with E-state index in [1.807, 2.05) is 22.4 Å². The summed E-state index contributed by atoms with van der Waals surface area (Å²) >= 11 is 1.62. The second-order valence-corrected chi connectivity index (χ2v) is 6.32. The number of hydrogen-bond donors (Lipinski definition) is 0. The largest absolute Gasteiger partial charge is 0.333 e. The molecule has 0 saturated heterocycles. The van der Waals surface area contributed by atoms with Gasteiger partial charge in [0.15, 0.2) is 0 Å². The number of aryl methyl sites for hydroxylation is 1. The lowest BCUT2D eigenvalue weighted by molar-refractivity contribution is -0.131. The zero-order chi connectivity index (χ0) is 13.9. The number of carbonyl (C=O) groups excluding carboxylic acids is 1. The number of hydrogen-bond acceptors (Lipinski definition) is 3. The summed E-state index contributed by atoms with van der Waals surface area (Å²) in [5.41, 5.74) is 2.31. The van der Waals surface area contributed by atoms with Gasteiger partial charge in [-0.3, -0.25) is 4.79 Å². The first kappa shape index (κ1) is 13.3. The Balaban J connectivity index is 1.67. The molecule has 1 aliphatic rings. The van der Waals surface area contributed by atoms with Gasteiger partial charge in [-0.15, -0.1) is 11.3 Å². The van der Waals surface area contributed by atoms with Crippen LogP contribution in [0.5, 0.6) is 0 Å². The van der Waals surface area contributed by atoms with Gasteiger partial charge in [0.25, 0.3) is 0 Å². The fraction of sp³-hybridized carbons (Fsp3) is 0.375. The Morgan fingerprint density at radius 3 is 2.70 bits per heavy atom. The molecule has 0 unspecified atom stereocenters. The first-order chi connectivity index (χ1) is 9.72. The third-order valence-corrected chi connectivity index (χ3v) is 4.34. The molecule has 1 saturated carbocycles. The highest BCUT2D eigenvalue weighted by Crippen LogP contribution is 2.29. The predicted octanol–water partition coefficient (Wildman–Crippen LogP) is 3.19. The Kier molecular flexibility index (Phi) is 3.83. The minimum atomic E-state index is 0.214. The molecule has 3 rings (SSSR count). The Morgan fingerprint density at radius 2 is 2.10 bits per heavy atom. The van der Waals surface area contributed by atoms with Crippen LogP contribution in [0.15, 0.2) is 35.8 Å². The number of aromatic nitrogens is 1. The SMILES string of the molecule is Cc1ccc(CC(=O)N(Cc2nccs2)C2CC2)cc1. The third-order valence-electron chi connectivity index (χ3n) is 3.57. The average molecular weight is 286 g/mol. The van der Waals surface area contributed by atoms with E-state index in [1.165, 1.54) is 5.56 Å². The maximum Gasteiger partial charge on any atom is 0.227 e. The van der Waals surface area contributed by atoms with Crippen molar-refractivity contribution in [2.45, 2.75) is 38.8 Å². The summed E-state index contributed by atoms with van der Waals surface area (Å²) in [6.07, 6.45) is 4.55. The van der Waals surface area contributed by atoms with Crippen molar-refractivity contribution in [3.05, 3.63) is 52.0 Å². The van der Waals surface area contributed by atoms with Crippen LogP contribution in [0.3, 0.4) is 0 Å². The predicted molar refractivity (Wildman–Crippen MR) is 80.6 cm³/mol. The van der Waals surface area contributed by atoms with Crippen LogP contribution >= 0.6 is 11.3 Å². The molecule has 4 heteroatoms. The lowest BCUT2D eigenvalue weighted by atomic mass is 10.1. The molecule has 1 aliphatic carbocycles. The van der Waals surface area contributed by atoms with Crippen molar-refractivity contribution in [3.63, 3.8) is 0 Å². The lowest BCUT2D eigenvalue weighted by Gasteiger charge is -2.21. The first-order valence-electron chi connectivity index (χ1n) is 6.96. The summed E-state index contributed by atoms with van der Waals surface area (Å²) in [5.74, 6) is 0.214. The van der Waals surface area contributed by atoms with Crippen molar-refractivity contribution in [3.8, 4) is 0 Å². The van der Waals surface area contributed by atoms with Crippen molar-refractivity contribution in [1.82, 2.24) is 9.88 Å². The van der Waals surface area contributed by atoms with Gasteiger partial charge in [0.05, 0.1) is 13.0 Å². The number of nitrogens with zero attached hydrogens (tertiary/aromatic N) is 2. The topological polar surface area (TPSA) is 33.2 Å². The summed E-state index contributed by atoms with van der Waals surface area (Å²) in [5, 5.41) is 2.99. The molecule has 20 heavy (non-hydrogen) atoms. The van der Waals surface area contributed by atoms with Crippen molar-refractivity contribution >= 4 is 17.2 Å². The molecule has 1 aromatic carbocycles. The highest BCUT2D eigenvalue weighted by atomic mass is 32.1. The second-order valence-electron chi connectivity index (χ2n) is 5.34. The fourth-order valence-electron chi connectivity index (χ4n) is 2.27. The van der Waals surface area contributed by atoms with E-state index in [-0.39, 0.29) is 5.91 Å². The van der Waals surface area contributed by atoms with Crippen LogP contribution in [0.25, 0.3) is 0 Å². The van der Waals surface area contributed by atoms with E-state index in [0.717, 1.165) is 23.4 Å². The molecule has 0 aliphatic heterocycles. The molecule has 1 aromatic heterocycles. The Morgan fingerprint density at radius 1 is 1.35 bits per heavy atom. The minimum Gasteiger partial charge on any atom is -0.333 e. The molecule has 3 nitrogen and oxygen atoms in total. The minimum absolute atomic E-state index is 0.214. The van der Waals surface area contributed by atoms with Crippen molar-refractivity contribution in [2.75, 3.05) is 0 Å². The Hall–Kier alpha value is -1.68. The van der Waals surface area contributed by atoms with E-state index in [0.29, 0.717) is 19.0 Å². The van der Waals surface area contributed by atoms with Gasteiger partial charge in [-0.2, -0.15) is 0 Å². The van der Waals surface area contributed by atoms with Crippen LogP contribution in [-0.2, 0) is 17.8 Å². The molecule has 0 atom stereocenters. The van der Waals surface area contributed by atoms with Crippen molar-refractivity contribution in [1.29, 1.82) is 0 Å². The highest BCUT2D eigenvalue weighted by molar-refractivity contribution is 7.09. The summed E-state index contributed by atoms with van der Waals surface area (Å²) in [6, 6.07) is 8.64. The molecule has 0 spiro atoms. The van der Waals surface area contributed by atoms with E-state index in [4.69, 9.17) is 0 Å². The van der Waals surface area contributed by atoms with Crippen LogP contribution in [0, 0.1) is 6.92 Å². The van der Waals surface area contributed by atoms with E-state index < -0.39 is 0 Å². The number of carbonyl (C=O) groups is 1. The lowest BCUT2D eigenvalue weighted by Crippen LogP contribution is -2.33. The van der Waals surface area contributed by atoms with Gasteiger partial charge in [-0.25, -0.2) is 4.98 Å². The first-order valence-corrected chi connectivity index (χ1v) is 7.84. The quantitative estimate of drug-likeness (QED) is 0.845. The number of thiazole rings is 1. The molecule has 2 aromatic rings. The molecule has 0 N–H and O–H groups in total. The summed E-state index contributed by atoms with van der Waals surface area (Å²) in [4.78, 5) is 18.8. The van der Waals surface area contributed by atoms with Crippen LogP contribution in [0.1, 0.15) is 29.0 Å². The molecular formula is C16H18N2OS. The van der Waals surface area contributed by atoms with E-state index in [1.54, 1.807) is 17.5 Å². The monoisotopic (exact) mass is 286 g/mol. The van der Waals surface area contributed by atoms with Crippen LogP contribution in [0.4, 0.5) is 0 Å². The van der Waals surface area contributed by atoms with Gasteiger partial charge in [-0.1, -0.05) is 29.8 Å². The van der Waals surface area contributed by atoms with Crippen molar-refractivity contribution < 1.29 is 4.79 Å². The smallest absolute Gasteiger partial charge is 0.227 e. The Bertz CT molecular complexity index is 573.